The van der Waals surface area contributed by atoms with Gasteiger partial charge < -0.3 is 20.1 Å². The van der Waals surface area contributed by atoms with Gasteiger partial charge in [0.15, 0.2) is 5.82 Å². The van der Waals surface area contributed by atoms with Gasteiger partial charge in [0.1, 0.15) is 11.5 Å². The summed E-state index contributed by atoms with van der Waals surface area (Å²) in [5, 5.41) is 0. The van der Waals surface area contributed by atoms with Crippen LogP contribution in [-0.4, -0.2) is 40.0 Å². The average Bonchev–Trinajstić information content (AvgIpc) is 3.10. The number of methoxy groups -OCH3 is 1. The van der Waals surface area contributed by atoms with Gasteiger partial charge in [-0.25, -0.2) is 4.98 Å². The van der Waals surface area contributed by atoms with E-state index < -0.39 is 5.54 Å². The summed E-state index contributed by atoms with van der Waals surface area (Å²) in [6.07, 6.45) is 1.71. The number of hydrogen-bond acceptors (Lipinski definition) is 6. The van der Waals surface area contributed by atoms with Gasteiger partial charge in [-0.3, -0.25) is 4.79 Å². The number of hydrogen-bond donors (Lipinski definition) is 1. The van der Waals surface area contributed by atoms with Crippen LogP contribution in [0.1, 0.15) is 44.2 Å². The number of likely N-dealkylation sites (tertiary alicyclic amines) is 1. The fourth-order valence-corrected chi connectivity index (χ4v) is 3.18. The maximum atomic E-state index is 12.7. The molecule has 1 amide bonds. The zero-order valence-electron chi connectivity index (χ0n) is 16.2. The second-order valence-corrected chi connectivity index (χ2v) is 7.36. The predicted octanol–water partition coefficient (Wildman–Crippen LogP) is 2.99. The Morgan fingerprint density at radius 3 is 2.52 bits per heavy atom. The molecule has 2 aromatic rings. The van der Waals surface area contributed by atoms with Crippen LogP contribution < -0.4 is 15.2 Å². The lowest BCUT2D eigenvalue weighted by Gasteiger charge is -2.30. The third-order valence-electron chi connectivity index (χ3n) is 4.49. The summed E-state index contributed by atoms with van der Waals surface area (Å²) in [6.45, 7) is 6.00. The average molecular weight is 370 g/mol. The molecule has 3 rings (SSSR count). The minimum Gasteiger partial charge on any atom is -0.497 e. The number of benzene rings is 1. The minimum absolute atomic E-state index is 0.0901. The number of aryl methyl sites for hydroxylation is 1. The van der Waals surface area contributed by atoms with Crippen molar-refractivity contribution in [3.63, 3.8) is 0 Å². The van der Waals surface area contributed by atoms with Crippen LogP contribution in [0.15, 0.2) is 30.3 Å². The van der Waals surface area contributed by atoms with E-state index in [-0.39, 0.29) is 11.9 Å². The standard InChI is InChI=1S/C20H26N4O3/c1-13-12-17(27-15-9-7-14(26-4)8-10-15)23-18(22-13)16-6-5-11-24(16)19(25)20(2,3)21/h7-10,12,16H,5-6,11,21H2,1-4H3/t16-/m1/s1. The molecule has 0 bridgehead atoms. The van der Waals surface area contributed by atoms with E-state index in [0.29, 0.717) is 24.0 Å². The van der Waals surface area contributed by atoms with Crippen LogP contribution in [-0.2, 0) is 4.79 Å². The van der Waals surface area contributed by atoms with Crippen LogP contribution in [0.25, 0.3) is 0 Å². The summed E-state index contributed by atoms with van der Waals surface area (Å²) in [7, 11) is 1.62. The van der Waals surface area contributed by atoms with Crippen molar-refractivity contribution in [3.8, 4) is 17.4 Å². The minimum atomic E-state index is -0.922. The van der Waals surface area contributed by atoms with Gasteiger partial charge in [0.2, 0.25) is 11.8 Å². The molecule has 0 aliphatic carbocycles. The van der Waals surface area contributed by atoms with Crippen molar-refractivity contribution in [1.82, 2.24) is 14.9 Å². The van der Waals surface area contributed by atoms with Crippen molar-refractivity contribution in [1.29, 1.82) is 0 Å². The summed E-state index contributed by atoms with van der Waals surface area (Å²) in [5.74, 6) is 2.36. The molecule has 1 saturated heterocycles. The third kappa shape index (κ3) is 4.36. The lowest BCUT2D eigenvalue weighted by molar-refractivity contribution is -0.136. The zero-order chi connectivity index (χ0) is 19.6. The number of rotatable bonds is 5. The molecule has 2 heterocycles. The Hall–Kier alpha value is -2.67. The highest BCUT2D eigenvalue weighted by Gasteiger charge is 2.37. The van der Waals surface area contributed by atoms with E-state index in [1.54, 1.807) is 31.9 Å². The van der Waals surface area contributed by atoms with E-state index in [2.05, 4.69) is 9.97 Å². The summed E-state index contributed by atoms with van der Waals surface area (Å²) in [4.78, 5) is 23.6. The SMILES string of the molecule is COc1ccc(Oc2cc(C)nc([C@H]3CCCN3C(=O)C(C)(C)N)n2)cc1. The first kappa shape index (κ1) is 19.1. The van der Waals surface area contributed by atoms with Gasteiger partial charge in [-0.2, -0.15) is 4.98 Å². The smallest absolute Gasteiger partial charge is 0.242 e. The second kappa shape index (κ2) is 7.52. The maximum absolute atomic E-state index is 12.7. The molecule has 0 saturated carbocycles. The van der Waals surface area contributed by atoms with E-state index in [1.165, 1.54) is 0 Å². The molecule has 0 radical (unpaired) electrons. The van der Waals surface area contributed by atoms with Gasteiger partial charge >= 0.3 is 0 Å². The highest BCUT2D eigenvalue weighted by Crippen LogP contribution is 2.33. The molecular formula is C20H26N4O3. The number of aromatic nitrogens is 2. The fraction of sp³-hybridized carbons (Fsp3) is 0.450. The first-order valence-electron chi connectivity index (χ1n) is 9.05. The van der Waals surface area contributed by atoms with Crippen LogP contribution in [0.5, 0.6) is 17.4 Å². The van der Waals surface area contributed by atoms with Crippen LogP contribution in [0.2, 0.25) is 0 Å². The van der Waals surface area contributed by atoms with Crippen molar-refractivity contribution in [2.45, 2.75) is 45.2 Å². The first-order chi connectivity index (χ1) is 12.8. The zero-order valence-corrected chi connectivity index (χ0v) is 16.2. The number of carbonyl (C=O) groups is 1. The number of nitrogens with zero attached hydrogens (tertiary/aromatic N) is 3. The molecule has 144 valence electrons. The van der Waals surface area contributed by atoms with Crippen LogP contribution >= 0.6 is 0 Å². The third-order valence-corrected chi connectivity index (χ3v) is 4.49. The summed E-state index contributed by atoms with van der Waals surface area (Å²) in [5.41, 5.74) is 5.88. The molecule has 1 aromatic heterocycles. The molecule has 0 spiro atoms. The van der Waals surface area contributed by atoms with Crippen LogP contribution in [0.3, 0.4) is 0 Å². The first-order valence-corrected chi connectivity index (χ1v) is 9.05. The molecule has 1 fully saturated rings. The van der Waals surface area contributed by atoms with Crippen molar-refractivity contribution < 1.29 is 14.3 Å². The van der Waals surface area contributed by atoms with E-state index in [0.717, 1.165) is 24.3 Å². The summed E-state index contributed by atoms with van der Waals surface area (Å²) in [6, 6.07) is 8.88. The van der Waals surface area contributed by atoms with Crippen LogP contribution in [0, 0.1) is 6.92 Å². The Labute approximate surface area is 159 Å². The van der Waals surface area contributed by atoms with Crippen molar-refractivity contribution in [2.75, 3.05) is 13.7 Å². The Bertz CT molecular complexity index is 815. The van der Waals surface area contributed by atoms with Crippen LogP contribution in [0.4, 0.5) is 0 Å². The Balaban J connectivity index is 1.85. The largest absolute Gasteiger partial charge is 0.497 e. The molecule has 27 heavy (non-hydrogen) atoms. The number of nitrogens with two attached hydrogens (primary N) is 1. The summed E-state index contributed by atoms with van der Waals surface area (Å²) < 4.78 is 11.0. The van der Waals surface area contributed by atoms with Gasteiger partial charge in [0, 0.05) is 18.3 Å². The van der Waals surface area contributed by atoms with Gasteiger partial charge in [0.25, 0.3) is 0 Å². The Morgan fingerprint density at radius 1 is 1.22 bits per heavy atom. The van der Waals surface area contributed by atoms with Crippen molar-refractivity contribution >= 4 is 5.91 Å². The number of carbonyl (C=O) groups excluding carboxylic acids is 1. The molecule has 7 heteroatoms. The molecular weight excluding hydrogens is 344 g/mol. The molecule has 1 aromatic carbocycles. The second-order valence-electron chi connectivity index (χ2n) is 7.36. The quantitative estimate of drug-likeness (QED) is 0.870. The van der Waals surface area contributed by atoms with E-state index in [4.69, 9.17) is 15.2 Å². The van der Waals surface area contributed by atoms with Gasteiger partial charge in [-0.05, 0) is 57.9 Å². The van der Waals surface area contributed by atoms with Gasteiger partial charge in [-0.1, -0.05) is 0 Å². The topological polar surface area (TPSA) is 90.6 Å². The van der Waals surface area contributed by atoms with E-state index in [9.17, 15) is 4.79 Å². The highest BCUT2D eigenvalue weighted by atomic mass is 16.5. The number of ether oxygens (including phenoxy) is 2. The fourth-order valence-electron chi connectivity index (χ4n) is 3.18. The number of amides is 1. The maximum Gasteiger partial charge on any atom is 0.242 e. The highest BCUT2D eigenvalue weighted by molar-refractivity contribution is 5.85. The predicted molar refractivity (Wildman–Crippen MR) is 102 cm³/mol. The summed E-state index contributed by atoms with van der Waals surface area (Å²) >= 11 is 0. The normalized spacial score (nSPS) is 17.1. The van der Waals surface area contributed by atoms with Gasteiger partial charge in [0.05, 0.1) is 18.7 Å². The van der Waals surface area contributed by atoms with E-state index >= 15 is 0 Å². The Kier molecular flexibility index (Phi) is 5.32. The molecule has 1 atom stereocenters. The van der Waals surface area contributed by atoms with E-state index in [1.807, 2.05) is 31.2 Å². The molecule has 2 N–H and O–H groups in total. The lowest BCUT2D eigenvalue weighted by atomic mass is 10.0. The van der Waals surface area contributed by atoms with Crippen molar-refractivity contribution in [2.24, 2.45) is 5.73 Å². The van der Waals surface area contributed by atoms with Gasteiger partial charge in [-0.15, -0.1) is 0 Å². The molecule has 1 aliphatic rings. The Morgan fingerprint density at radius 2 is 1.89 bits per heavy atom. The lowest BCUT2D eigenvalue weighted by Crippen LogP contribution is -2.50. The molecule has 1 aliphatic heterocycles. The molecule has 7 nitrogen and oxygen atoms in total. The monoisotopic (exact) mass is 370 g/mol. The molecule has 0 unspecified atom stereocenters. The van der Waals surface area contributed by atoms with Crippen molar-refractivity contribution in [3.05, 3.63) is 41.9 Å².